The Morgan fingerprint density at radius 3 is 2.55 bits per heavy atom. The van der Waals surface area contributed by atoms with Crippen molar-refractivity contribution in [3.8, 4) is 0 Å². The number of carbonyl (C=O) groups is 2. The summed E-state index contributed by atoms with van der Waals surface area (Å²) in [6.45, 7) is 2.85. The van der Waals surface area contributed by atoms with Crippen LogP contribution in [-0.2, 0) is 9.53 Å². The Morgan fingerprint density at radius 1 is 1.30 bits per heavy atom. The maximum atomic E-state index is 11.8. The lowest BCUT2D eigenvalue weighted by Crippen LogP contribution is -2.37. The summed E-state index contributed by atoms with van der Waals surface area (Å²) >= 11 is 0. The molecule has 0 atom stereocenters. The number of likely N-dealkylation sites (N-methyl/N-ethyl adjacent to an activating group) is 1. The molecular weight excluding hydrogens is 260 g/mol. The molecule has 0 aromatic carbocycles. The molecular formula is C13H20N4O3. The van der Waals surface area contributed by atoms with Crippen molar-refractivity contribution in [1.82, 2.24) is 14.9 Å². The number of ether oxygens (including phenoxy) is 1. The second-order valence-corrected chi connectivity index (χ2v) is 4.46. The third-order valence-corrected chi connectivity index (χ3v) is 2.66. The number of carbonyl (C=O) groups excluding carboxylic acids is 2. The van der Waals surface area contributed by atoms with Gasteiger partial charge in [-0.15, -0.1) is 0 Å². The third-order valence-electron chi connectivity index (χ3n) is 2.66. The summed E-state index contributed by atoms with van der Waals surface area (Å²) in [4.78, 5) is 34.8. The second-order valence-electron chi connectivity index (χ2n) is 4.46. The van der Waals surface area contributed by atoms with Gasteiger partial charge in [0.05, 0.1) is 26.0 Å². The summed E-state index contributed by atoms with van der Waals surface area (Å²) in [6, 6.07) is 0. The summed E-state index contributed by atoms with van der Waals surface area (Å²) in [5.41, 5.74) is 0.128. The van der Waals surface area contributed by atoms with E-state index in [0.29, 0.717) is 12.4 Å². The van der Waals surface area contributed by atoms with Crippen molar-refractivity contribution in [2.24, 2.45) is 0 Å². The van der Waals surface area contributed by atoms with Crippen LogP contribution in [0.15, 0.2) is 12.4 Å². The minimum absolute atomic E-state index is 0.0382. The van der Waals surface area contributed by atoms with E-state index < -0.39 is 5.97 Å². The molecule has 20 heavy (non-hydrogen) atoms. The zero-order valence-electron chi connectivity index (χ0n) is 12.3. The van der Waals surface area contributed by atoms with Crippen LogP contribution < -0.4 is 4.90 Å². The van der Waals surface area contributed by atoms with Gasteiger partial charge in [-0.2, -0.15) is 0 Å². The second kappa shape index (κ2) is 7.42. The molecule has 0 saturated heterocycles. The molecule has 0 fully saturated rings. The smallest absolute Gasteiger partial charge is 0.358 e. The molecule has 0 bridgehead atoms. The van der Waals surface area contributed by atoms with Crippen molar-refractivity contribution in [1.29, 1.82) is 0 Å². The maximum absolute atomic E-state index is 11.8. The van der Waals surface area contributed by atoms with Gasteiger partial charge < -0.3 is 14.5 Å². The van der Waals surface area contributed by atoms with Gasteiger partial charge in [0.25, 0.3) is 0 Å². The number of amides is 1. The minimum Gasteiger partial charge on any atom is -0.464 e. The summed E-state index contributed by atoms with van der Waals surface area (Å²) in [7, 11) is 4.68. The first-order valence-corrected chi connectivity index (χ1v) is 6.35. The normalized spacial score (nSPS) is 10.0. The van der Waals surface area contributed by atoms with E-state index in [4.69, 9.17) is 0 Å². The Morgan fingerprint density at radius 2 is 2.00 bits per heavy atom. The van der Waals surface area contributed by atoms with E-state index in [1.54, 1.807) is 19.0 Å². The van der Waals surface area contributed by atoms with Gasteiger partial charge >= 0.3 is 5.97 Å². The monoisotopic (exact) mass is 280 g/mol. The number of aromatic nitrogens is 2. The number of esters is 1. The lowest BCUT2D eigenvalue weighted by atomic mass is 10.3. The summed E-state index contributed by atoms with van der Waals surface area (Å²) in [6.07, 6.45) is 3.73. The Balaban J connectivity index is 2.96. The zero-order valence-corrected chi connectivity index (χ0v) is 12.3. The van der Waals surface area contributed by atoms with Crippen molar-refractivity contribution in [2.45, 2.75) is 13.3 Å². The molecule has 1 heterocycles. The van der Waals surface area contributed by atoms with Crippen molar-refractivity contribution >= 4 is 17.7 Å². The topological polar surface area (TPSA) is 75.6 Å². The van der Waals surface area contributed by atoms with E-state index in [9.17, 15) is 9.59 Å². The van der Waals surface area contributed by atoms with Crippen molar-refractivity contribution in [2.75, 3.05) is 39.2 Å². The fourth-order valence-corrected chi connectivity index (χ4v) is 1.56. The fraction of sp³-hybridized carbons (Fsp3) is 0.538. The molecule has 1 aromatic heterocycles. The van der Waals surface area contributed by atoms with E-state index in [-0.39, 0.29) is 18.1 Å². The van der Waals surface area contributed by atoms with Crippen LogP contribution in [0.5, 0.6) is 0 Å². The molecule has 1 amide bonds. The molecule has 7 heteroatoms. The number of methoxy groups -OCH3 is 1. The first kappa shape index (κ1) is 15.9. The quantitative estimate of drug-likeness (QED) is 0.709. The van der Waals surface area contributed by atoms with Crippen LogP contribution in [0, 0.1) is 0 Å². The molecule has 0 radical (unpaired) electrons. The number of rotatable bonds is 6. The number of anilines is 1. The highest BCUT2D eigenvalue weighted by Gasteiger charge is 2.16. The van der Waals surface area contributed by atoms with Crippen LogP contribution in [-0.4, -0.2) is 61.0 Å². The summed E-state index contributed by atoms with van der Waals surface area (Å²) in [5.74, 6) is -0.0941. The number of hydrogen-bond donors (Lipinski definition) is 0. The molecule has 0 unspecified atom stereocenters. The molecule has 7 nitrogen and oxygen atoms in total. The van der Waals surface area contributed by atoms with Gasteiger partial charge in [-0.1, -0.05) is 6.92 Å². The average molecular weight is 280 g/mol. The average Bonchev–Trinajstić information content (AvgIpc) is 2.45. The van der Waals surface area contributed by atoms with Gasteiger partial charge in [0.2, 0.25) is 5.91 Å². The Labute approximate surface area is 118 Å². The predicted molar refractivity (Wildman–Crippen MR) is 74.6 cm³/mol. The number of nitrogens with zero attached hydrogens (tertiary/aromatic N) is 4. The Kier molecular flexibility index (Phi) is 5.89. The molecule has 0 saturated carbocycles. The Bertz CT molecular complexity index is 476. The van der Waals surface area contributed by atoms with Gasteiger partial charge in [0.15, 0.2) is 5.69 Å². The predicted octanol–water partition coefficient (Wildman–Crippen LogP) is 0.568. The van der Waals surface area contributed by atoms with Crippen LogP contribution in [0.4, 0.5) is 5.82 Å². The molecule has 0 aliphatic carbocycles. The standard InChI is InChI=1S/C13H20N4O3/c1-5-6-17(9-12(18)16(2)3)11-8-14-7-10(15-11)13(19)20-4/h7-8H,5-6,9H2,1-4H3. The highest BCUT2D eigenvalue weighted by molar-refractivity contribution is 5.87. The first-order valence-electron chi connectivity index (χ1n) is 6.35. The van der Waals surface area contributed by atoms with E-state index in [1.807, 2.05) is 6.92 Å². The molecule has 110 valence electrons. The van der Waals surface area contributed by atoms with E-state index >= 15 is 0 Å². The van der Waals surface area contributed by atoms with Gasteiger partial charge in [-0.3, -0.25) is 9.78 Å². The van der Waals surface area contributed by atoms with E-state index in [1.165, 1.54) is 24.4 Å². The third kappa shape index (κ3) is 4.18. The van der Waals surface area contributed by atoms with E-state index in [0.717, 1.165) is 6.42 Å². The van der Waals surface area contributed by atoms with Crippen LogP contribution in [0.3, 0.4) is 0 Å². The SMILES string of the molecule is CCCN(CC(=O)N(C)C)c1cncc(C(=O)OC)n1. The first-order chi connectivity index (χ1) is 9.49. The zero-order chi connectivity index (χ0) is 15.1. The molecule has 1 aromatic rings. The lowest BCUT2D eigenvalue weighted by Gasteiger charge is -2.24. The van der Waals surface area contributed by atoms with Crippen molar-refractivity contribution in [3.63, 3.8) is 0 Å². The highest BCUT2D eigenvalue weighted by Crippen LogP contribution is 2.11. The van der Waals surface area contributed by atoms with Gasteiger partial charge in [0, 0.05) is 20.6 Å². The van der Waals surface area contributed by atoms with Crippen molar-refractivity contribution < 1.29 is 14.3 Å². The van der Waals surface area contributed by atoms with Crippen LogP contribution >= 0.6 is 0 Å². The highest BCUT2D eigenvalue weighted by atomic mass is 16.5. The maximum Gasteiger partial charge on any atom is 0.358 e. The van der Waals surface area contributed by atoms with Gasteiger partial charge in [-0.05, 0) is 6.42 Å². The molecule has 1 rings (SSSR count). The Hall–Kier alpha value is -2.18. The van der Waals surface area contributed by atoms with Crippen molar-refractivity contribution in [3.05, 3.63) is 18.1 Å². The molecule has 0 aliphatic rings. The fourth-order valence-electron chi connectivity index (χ4n) is 1.56. The largest absolute Gasteiger partial charge is 0.464 e. The lowest BCUT2D eigenvalue weighted by molar-refractivity contribution is -0.127. The van der Waals surface area contributed by atoms with Crippen LogP contribution in [0.25, 0.3) is 0 Å². The van der Waals surface area contributed by atoms with Crippen LogP contribution in [0.1, 0.15) is 23.8 Å². The minimum atomic E-state index is -0.547. The van der Waals surface area contributed by atoms with Gasteiger partial charge in [0.1, 0.15) is 5.82 Å². The molecule has 0 spiro atoms. The van der Waals surface area contributed by atoms with E-state index in [2.05, 4.69) is 14.7 Å². The summed E-state index contributed by atoms with van der Waals surface area (Å²) < 4.78 is 4.62. The molecule has 0 N–H and O–H groups in total. The van der Waals surface area contributed by atoms with Gasteiger partial charge in [-0.25, -0.2) is 9.78 Å². The van der Waals surface area contributed by atoms with Crippen LogP contribution in [0.2, 0.25) is 0 Å². The summed E-state index contributed by atoms with van der Waals surface area (Å²) in [5, 5.41) is 0. The number of hydrogen-bond acceptors (Lipinski definition) is 6. The molecule has 0 aliphatic heterocycles.